The third-order valence-electron chi connectivity index (χ3n) is 2.67. The first-order chi connectivity index (χ1) is 8.20. The molecule has 0 saturated carbocycles. The molecule has 0 fully saturated rings. The van der Waals surface area contributed by atoms with Crippen LogP contribution in [-0.2, 0) is 0 Å². The lowest BCUT2D eigenvalue weighted by Crippen LogP contribution is -1.87. The zero-order chi connectivity index (χ0) is 12.4. The lowest BCUT2D eigenvalue weighted by atomic mass is 9.98. The van der Waals surface area contributed by atoms with Crippen molar-refractivity contribution in [1.82, 2.24) is 0 Å². The molecule has 0 unspecified atom stereocenters. The average molecular weight is 291 g/mol. The van der Waals surface area contributed by atoms with Crippen molar-refractivity contribution in [3.8, 4) is 11.5 Å². The quantitative estimate of drug-likeness (QED) is 0.812. The number of phenols is 2. The average Bonchev–Trinajstić information content (AvgIpc) is 2.36. The number of benzene rings is 2. The smallest absolute Gasteiger partial charge is 0.131 e. The van der Waals surface area contributed by atoms with Crippen LogP contribution in [0.15, 0.2) is 35.8 Å². The Hall–Kier alpha value is -1.74. The summed E-state index contributed by atoms with van der Waals surface area (Å²) in [7, 11) is 0. The summed E-state index contributed by atoms with van der Waals surface area (Å²) in [6.45, 7) is 3.66. The van der Waals surface area contributed by atoms with E-state index in [2.05, 4.69) is 22.5 Å². The molecule has 2 nitrogen and oxygen atoms in total. The number of rotatable bonds is 2. The van der Waals surface area contributed by atoms with Gasteiger partial charge in [-0.2, -0.15) is 0 Å². The predicted molar refractivity (Wildman–Crippen MR) is 75.3 cm³/mol. The van der Waals surface area contributed by atoms with Crippen LogP contribution in [0.3, 0.4) is 0 Å². The third-order valence-corrected chi connectivity index (χ3v) is 2.94. The molecule has 0 heterocycles. The van der Waals surface area contributed by atoms with E-state index in [0.717, 1.165) is 0 Å². The SMILES string of the molecule is C=Cc1c(C=CBr)c(O)c2ccccc2c1O. The van der Waals surface area contributed by atoms with Crippen molar-refractivity contribution in [2.45, 2.75) is 0 Å². The predicted octanol–water partition coefficient (Wildman–Crippen LogP) is 4.26. The topological polar surface area (TPSA) is 40.5 Å². The minimum atomic E-state index is 0.133. The number of aromatic hydroxyl groups is 2. The third kappa shape index (κ3) is 1.83. The molecule has 0 aromatic heterocycles. The van der Waals surface area contributed by atoms with Gasteiger partial charge in [0.15, 0.2) is 0 Å². The number of fused-ring (bicyclic) bond motifs is 1. The van der Waals surface area contributed by atoms with Crippen LogP contribution in [0.2, 0.25) is 0 Å². The molecule has 2 rings (SSSR count). The second-order valence-corrected chi connectivity index (χ2v) is 4.10. The van der Waals surface area contributed by atoms with Crippen LogP contribution in [-0.4, -0.2) is 10.2 Å². The van der Waals surface area contributed by atoms with E-state index in [1.165, 1.54) is 6.08 Å². The Morgan fingerprint density at radius 1 is 1.00 bits per heavy atom. The van der Waals surface area contributed by atoms with Crippen molar-refractivity contribution >= 4 is 38.9 Å². The highest BCUT2D eigenvalue weighted by atomic mass is 79.9. The lowest BCUT2D eigenvalue weighted by molar-refractivity contribution is 0.467. The molecular weight excluding hydrogens is 280 g/mol. The van der Waals surface area contributed by atoms with Gasteiger partial charge in [0, 0.05) is 21.9 Å². The van der Waals surface area contributed by atoms with Crippen LogP contribution in [0.4, 0.5) is 0 Å². The van der Waals surface area contributed by atoms with Gasteiger partial charge < -0.3 is 10.2 Å². The molecule has 2 aromatic carbocycles. The normalized spacial score (nSPS) is 11.1. The molecular formula is C14H11BrO2. The fourth-order valence-corrected chi connectivity index (χ4v) is 2.14. The highest BCUT2D eigenvalue weighted by molar-refractivity contribution is 9.11. The van der Waals surface area contributed by atoms with Crippen LogP contribution < -0.4 is 0 Å². The van der Waals surface area contributed by atoms with E-state index in [9.17, 15) is 10.2 Å². The maximum Gasteiger partial charge on any atom is 0.131 e. The molecule has 17 heavy (non-hydrogen) atoms. The fraction of sp³-hybridized carbons (Fsp3) is 0. The van der Waals surface area contributed by atoms with Crippen molar-refractivity contribution < 1.29 is 10.2 Å². The summed E-state index contributed by atoms with van der Waals surface area (Å²) in [5, 5.41) is 21.6. The fourth-order valence-electron chi connectivity index (χ4n) is 1.88. The summed E-state index contributed by atoms with van der Waals surface area (Å²) >= 11 is 3.16. The Morgan fingerprint density at radius 2 is 1.53 bits per heavy atom. The van der Waals surface area contributed by atoms with Crippen molar-refractivity contribution in [3.05, 3.63) is 47.0 Å². The van der Waals surface area contributed by atoms with E-state index in [0.29, 0.717) is 21.9 Å². The maximum atomic E-state index is 10.2. The molecule has 0 spiro atoms. The molecule has 0 amide bonds. The molecule has 0 aliphatic rings. The summed E-state index contributed by atoms with van der Waals surface area (Å²) < 4.78 is 0. The molecule has 0 atom stereocenters. The van der Waals surface area contributed by atoms with Gasteiger partial charge in [0.1, 0.15) is 11.5 Å². The highest BCUT2D eigenvalue weighted by Crippen LogP contribution is 2.40. The summed E-state index contributed by atoms with van der Waals surface area (Å²) in [6.07, 6.45) is 3.21. The van der Waals surface area contributed by atoms with E-state index >= 15 is 0 Å². The first kappa shape index (κ1) is 11.7. The Morgan fingerprint density at radius 3 is 2.00 bits per heavy atom. The Bertz CT molecular complexity index is 615. The van der Waals surface area contributed by atoms with Gasteiger partial charge in [-0.1, -0.05) is 52.9 Å². The zero-order valence-corrected chi connectivity index (χ0v) is 10.6. The van der Waals surface area contributed by atoms with E-state index in [-0.39, 0.29) is 11.5 Å². The van der Waals surface area contributed by atoms with Gasteiger partial charge in [0.2, 0.25) is 0 Å². The summed E-state index contributed by atoms with van der Waals surface area (Å²) in [5.74, 6) is 0.276. The maximum absolute atomic E-state index is 10.2. The van der Waals surface area contributed by atoms with E-state index in [1.807, 2.05) is 12.1 Å². The standard InChI is InChI=1S/C14H11BrO2/c1-2-9-12(7-8-15)14(17)11-6-4-3-5-10(11)13(9)16/h2-8,16-17H,1H2. The Labute approximate surface area is 108 Å². The van der Waals surface area contributed by atoms with E-state index < -0.39 is 0 Å². The molecule has 0 saturated heterocycles. The monoisotopic (exact) mass is 290 g/mol. The van der Waals surface area contributed by atoms with Crippen molar-refractivity contribution in [1.29, 1.82) is 0 Å². The summed E-state index contributed by atoms with van der Waals surface area (Å²) in [6, 6.07) is 7.16. The van der Waals surface area contributed by atoms with Gasteiger partial charge in [-0.05, 0) is 11.1 Å². The van der Waals surface area contributed by atoms with Crippen LogP contribution in [0.25, 0.3) is 22.9 Å². The first-order valence-electron chi connectivity index (χ1n) is 5.06. The number of hydrogen-bond donors (Lipinski definition) is 2. The highest BCUT2D eigenvalue weighted by Gasteiger charge is 2.14. The van der Waals surface area contributed by atoms with Gasteiger partial charge in [0.05, 0.1) is 0 Å². The number of hydrogen-bond acceptors (Lipinski definition) is 2. The van der Waals surface area contributed by atoms with Gasteiger partial charge in [-0.15, -0.1) is 0 Å². The van der Waals surface area contributed by atoms with E-state index in [1.54, 1.807) is 23.2 Å². The van der Waals surface area contributed by atoms with Gasteiger partial charge >= 0.3 is 0 Å². The Kier molecular flexibility index (Phi) is 3.20. The Balaban J connectivity index is 2.98. The first-order valence-corrected chi connectivity index (χ1v) is 5.98. The molecule has 86 valence electrons. The van der Waals surface area contributed by atoms with Gasteiger partial charge in [0.25, 0.3) is 0 Å². The molecule has 0 aliphatic carbocycles. The largest absolute Gasteiger partial charge is 0.507 e. The van der Waals surface area contributed by atoms with Gasteiger partial charge in [-0.3, -0.25) is 0 Å². The molecule has 0 bridgehead atoms. The second kappa shape index (κ2) is 4.63. The van der Waals surface area contributed by atoms with Crippen molar-refractivity contribution in [2.24, 2.45) is 0 Å². The molecule has 2 aromatic rings. The lowest BCUT2D eigenvalue weighted by Gasteiger charge is -2.11. The molecule has 0 aliphatic heterocycles. The zero-order valence-electron chi connectivity index (χ0n) is 9.02. The van der Waals surface area contributed by atoms with Crippen LogP contribution in [0.5, 0.6) is 11.5 Å². The molecule has 2 N–H and O–H groups in total. The number of halogens is 1. The van der Waals surface area contributed by atoms with Gasteiger partial charge in [-0.25, -0.2) is 0 Å². The van der Waals surface area contributed by atoms with E-state index in [4.69, 9.17) is 0 Å². The number of phenolic OH excluding ortho intramolecular Hbond substituents is 2. The molecule has 3 heteroatoms. The minimum Gasteiger partial charge on any atom is -0.507 e. The van der Waals surface area contributed by atoms with Crippen molar-refractivity contribution in [3.63, 3.8) is 0 Å². The summed E-state index contributed by atoms with van der Waals surface area (Å²) in [4.78, 5) is 1.63. The van der Waals surface area contributed by atoms with Crippen LogP contribution >= 0.6 is 15.9 Å². The van der Waals surface area contributed by atoms with Crippen molar-refractivity contribution in [2.75, 3.05) is 0 Å². The van der Waals surface area contributed by atoms with Crippen LogP contribution in [0.1, 0.15) is 11.1 Å². The minimum absolute atomic E-state index is 0.133. The summed E-state index contributed by atoms with van der Waals surface area (Å²) in [5.41, 5.74) is 1.07. The molecule has 0 radical (unpaired) electrons. The van der Waals surface area contributed by atoms with Crippen LogP contribution in [0, 0.1) is 0 Å². The second-order valence-electron chi connectivity index (χ2n) is 3.57.